The maximum Gasteiger partial charge on any atom is 0.222 e. The summed E-state index contributed by atoms with van der Waals surface area (Å²) in [5.74, 6) is 1.15. The molecule has 1 amide bonds. The molecule has 1 fully saturated rings. The van der Waals surface area contributed by atoms with E-state index in [0.29, 0.717) is 13.0 Å². The van der Waals surface area contributed by atoms with Crippen molar-refractivity contribution in [2.75, 3.05) is 26.8 Å². The van der Waals surface area contributed by atoms with Crippen molar-refractivity contribution in [2.24, 2.45) is 0 Å². The average molecular weight is 291 g/mol. The van der Waals surface area contributed by atoms with Crippen molar-refractivity contribution >= 4 is 5.91 Å². The fourth-order valence-corrected chi connectivity index (χ4v) is 2.60. The zero-order valence-electron chi connectivity index (χ0n) is 13.0. The minimum atomic E-state index is 0.169. The summed E-state index contributed by atoms with van der Waals surface area (Å²) in [6, 6.07) is 8.14. The lowest BCUT2D eigenvalue weighted by atomic mass is 10.1. The van der Waals surface area contributed by atoms with Crippen LogP contribution in [0.25, 0.3) is 0 Å². The van der Waals surface area contributed by atoms with Gasteiger partial charge in [0.15, 0.2) is 0 Å². The Hall–Kier alpha value is -1.55. The van der Waals surface area contributed by atoms with Crippen LogP contribution in [0.4, 0.5) is 0 Å². The summed E-state index contributed by atoms with van der Waals surface area (Å²) in [6.07, 6.45) is 3.80. The normalized spacial score (nSPS) is 18.6. The molecule has 4 nitrogen and oxygen atoms in total. The fourth-order valence-electron chi connectivity index (χ4n) is 2.60. The van der Waals surface area contributed by atoms with Gasteiger partial charge in [-0.25, -0.2) is 0 Å². The number of benzene rings is 1. The van der Waals surface area contributed by atoms with Crippen LogP contribution in [0.3, 0.4) is 0 Å². The van der Waals surface area contributed by atoms with Crippen LogP contribution < -0.4 is 4.74 Å². The zero-order chi connectivity index (χ0) is 15.1. The number of aryl methyl sites for hydroxylation is 1. The molecule has 2 rings (SSSR count). The fraction of sp³-hybridized carbons (Fsp3) is 0.588. The minimum Gasteiger partial charge on any atom is -0.497 e. The van der Waals surface area contributed by atoms with Crippen molar-refractivity contribution < 1.29 is 14.3 Å². The maximum atomic E-state index is 12.1. The second-order valence-electron chi connectivity index (χ2n) is 5.58. The van der Waals surface area contributed by atoms with Crippen molar-refractivity contribution in [3.05, 3.63) is 29.8 Å². The molecule has 1 saturated heterocycles. The molecular weight excluding hydrogens is 266 g/mol. The van der Waals surface area contributed by atoms with Crippen LogP contribution in [0, 0.1) is 0 Å². The number of amides is 1. The first-order valence-corrected chi connectivity index (χ1v) is 7.71. The van der Waals surface area contributed by atoms with E-state index in [0.717, 1.165) is 38.1 Å². The lowest BCUT2D eigenvalue weighted by Gasteiger charge is -2.31. The number of hydrogen-bond acceptors (Lipinski definition) is 3. The molecule has 0 saturated carbocycles. The molecule has 0 spiro atoms. The number of carbonyl (C=O) groups is 1. The molecule has 0 bridgehead atoms. The number of rotatable bonds is 6. The quantitative estimate of drug-likeness (QED) is 0.756. The van der Waals surface area contributed by atoms with Crippen LogP contribution in [-0.4, -0.2) is 43.7 Å². The van der Waals surface area contributed by atoms with Gasteiger partial charge in [-0.15, -0.1) is 0 Å². The molecule has 0 aromatic heterocycles. The van der Waals surface area contributed by atoms with Crippen LogP contribution in [-0.2, 0) is 16.0 Å². The van der Waals surface area contributed by atoms with E-state index in [2.05, 4.69) is 12.1 Å². The van der Waals surface area contributed by atoms with E-state index >= 15 is 0 Å². The van der Waals surface area contributed by atoms with Gasteiger partial charge in [0.2, 0.25) is 5.91 Å². The smallest absolute Gasteiger partial charge is 0.222 e. The number of carbonyl (C=O) groups excluding carboxylic acids is 1. The highest BCUT2D eigenvalue weighted by atomic mass is 16.5. The van der Waals surface area contributed by atoms with Crippen LogP contribution in [0.1, 0.15) is 31.7 Å². The lowest BCUT2D eigenvalue weighted by Crippen LogP contribution is -2.44. The summed E-state index contributed by atoms with van der Waals surface area (Å²) in [4.78, 5) is 14.0. The van der Waals surface area contributed by atoms with Gasteiger partial charge in [0, 0.05) is 19.5 Å². The van der Waals surface area contributed by atoms with E-state index < -0.39 is 0 Å². The molecule has 1 aromatic rings. The number of unbranched alkanes of at least 4 members (excludes halogenated alkanes) is 1. The Bertz CT molecular complexity index is 444. The third-order valence-electron chi connectivity index (χ3n) is 3.86. The maximum absolute atomic E-state index is 12.1. The summed E-state index contributed by atoms with van der Waals surface area (Å²) in [7, 11) is 1.67. The van der Waals surface area contributed by atoms with Crippen molar-refractivity contribution in [1.82, 2.24) is 4.90 Å². The van der Waals surface area contributed by atoms with Gasteiger partial charge in [-0.1, -0.05) is 12.1 Å². The Morgan fingerprint density at radius 3 is 2.76 bits per heavy atom. The number of ether oxygens (including phenoxy) is 2. The zero-order valence-corrected chi connectivity index (χ0v) is 13.0. The summed E-state index contributed by atoms with van der Waals surface area (Å²) in [5, 5.41) is 0. The first-order valence-electron chi connectivity index (χ1n) is 7.71. The highest BCUT2D eigenvalue weighted by molar-refractivity contribution is 5.76. The van der Waals surface area contributed by atoms with Crippen molar-refractivity contribution in [3.8, 4) is 5.75 Å². The van der Waals surface area contributed by atoms with Gasteiger partial charge < -0.3 is 14.4 Å². The second-order valence-corrected chi connectivity index (χ2v) is 5.58. The van der Waals surface area contributed by atoms with E-state index in [-0.39, 0.29) is 12.0 Å². The van der Waals surface area contributed by atoms with E-state index in [1.165, 1.54) is 5.56 Å². The van der Waals surface area contributed by atoms with Gasteiger partial charge in [0.25, 0.3) is 0 Å². The molecule has 1 atom stereocenters. The largest absolute Gasteiger partial charge is 0.497 e. The van der Waals surface area contributed by atoms with Gasteiger partial charge >= 0.3 is 0 Å². The Morgan fingerprint density at radius 1 is 1.33 bits per heavy atom. The van der Waals surface area contributed by atoms with E-state index in [1.807, 2.05) is 24.0 Å². The highest BCUT2D eigenvalue weighted by Crippen LogP contribution is 2.14. The van der Waals surface area contributed by atoms with Crippen molar-refractivity contribution in [1.29, 1.82) is 0 Å². The lowest BCUT2D eigenvalue weighted by molar-refractivity contribution is -0.138. The molecule has 1 aromatic carbocycles. The molecule has 0 aliphatic carbocycles. The highest BCUT2D eigenvalue weighted by Gasteiger charge is 2.20. The topological polar surface area (TPSA) is 38.8 Å². The number of methoxy groups -OCH3 is 1. The van der Waals surface area contributed by atoms with E-state index in [1.54, 1.807) is 7.11 Å². The van der Waals surface area contributed by atoms with Crippen LogP contribution in [0.5, 0.6) is 5.75 Å². The molecule has 1 aliphatic heterocycles. The van der Waals surface area contributed by atoms with Gasteiger partial charge in [0.05, 0.1) is 19.8 Å². The standard InChI is InChI=1S/C17H25NO3/c1-14-13-18(11-12-21-14)17(19)6-4-3-5-15-7-9-16(20-2)10-8-15/h7-10,14H,3-6,11-13H2,1-2H3. The molecule has 1 aliphatic rings. The SMILES string of the molecule is COc1ccc(CCCCC(=O)N2CCOC(C)C2)cc1. The summed E-state index contributed by atoms with van der Waals surface area (Å²) >= 11 is 0. The van der Waals surface area contributed by atoms with Gasteiger partial charge in [-0.2, -0.15) is 0 Å². The molecule has 116 valence electrons. The molecule has 21 heavy (non-hydrogen) atoms. The van der Waals surface area contributed by atoms with Crippen LogP contribution in [0.2, 0.25) is 0 Å². The van der Waals surface area contributed by atoms with Crippen LogP contribution in [0.15, 0.2) is 24.3 Å². The molecule has 1 heterocycles. The predicted octanol–water partition coefficient (Wildman–Crippen LogP) is 2.66. The van der Waals surface area contributed by atoms with E-state index in [4.69, 9.17) is 9.47 Å². The second kappa shape index (κ2) is 8.03. The Morgan fingerprint density at radius 2 is 2.10 bits per heavy atom. The molecule has 4 heteroatoms. The van der Waals surface area contributed by atoms with E-state index in [9.17, 15) is 4.79 Å². The Kier molecular flexibility index (Phi) is 6.05. The third-order valence-corrected chi connectivity index (χ3v) is 3.86. The van der Waals surface area contributed by atoms with Gasteiger partial charge in [-0.05, 0) is 43.9 Å². The number of hydrogen-bond donors (Lipinski definition) is 0. The summed E-state index contributed by atoms with van der Waals surface area (Å²) in [5.41, 5.74) is 1.29. The van der Waals surface area contributed by atoms with Gasteiger partial charge in [-0.3, -0.25) is 4.79 Å². The number of morpholine rings is 1. The average Bonchev–Trinajstić information content (AvgIpc) is 2.52. The monoisotopic (exact) mass is 291 g/mol. The third kappa shape index (κ3) is 5.05. The number of nitrogens with zero attached hydrogens (tertiary/aromatic N) is 1. The molecular formula is C17H25NO3. The first kappa shape index (κ1) is 15.8. The summed E-state index contributed by atoms with van der Waals surface area (Å²) < 4.78 is 10.6. The predicted molar refractivity (Wildman–Crippen MR) is 82.5 cm³/mol. The molecule has 1 unspecified atom stereocenters. The van der Waals surface area contributed by atoms with Crippen LogP contribution >= 0.6 is 0 Å². The van der Waals surface area contributed by atoms with Crippen molar-refractivity contribution in [3.63, 3.8) is 0 Å². The van der Waals surface area contributed by atoms with Gasteiger partial charge in [0.1, 0.15) is 5.75 Å². The van der Waals surface area contributed by atoms with Crippen molar-refractivity contribution in [2.45, 2.75) is 38.7 Å². The molecule has 0 N–H and O–H groups in total. The summed E-state index contributed by atoms with van der Waals surface area (Å²) in [6.45, 7) is 4.15. The Balaban J connectivity index is 1.65. The molecule has 0 radical (unpaired) electrons. The first-order chi connectivity index (χ1) is 10.2. The minimum absolute atomic E-state index is 0.169. The Labute approximate surface area is 127 Å².